The van der Waals surface area contributed by atoms with Crippen LogP contribution in [0, 0.1) is 6.92 Å². The third kappa shape index (κ3) is 3.83. The Bertz CT molecular complexity index is 1070. The van der Waals surface area contributed by atoms with Crippen molar-refractivity contribution < 1.29 is 9.59 Å². The van der Waals surface area contributed by atoms with Crippen LogP contribution in [0.2, 0.25) is 0 Å². The third-order valence-corrected chi connectivity index (χ3v) is 5.10. The van der Waals surface area contributed by atoms with Crippen molar-refractivity contribution in [2.45, 2.75) is 13.3 Å². The molecule has 3 aromatic rings. The van der Waals surface area contributed by atoms with Gasteiger partial charge < -0.3 is 5.32 Å². The largest absolute Gasteiger partial charge is 0.350 e. The minimum Gasteiger partial charge on any atom is -0.350 e. The monoisotopic (exact) mass is 382 g/mol. The fourth-order valence-corrected chi connectivity index (χ4v) is 3.50. The number of hydrogen-bond acceptors (Lipinski definition) is 3. The lowest BCUT2D eigenvalue weighted by Crippen LogP contribution is -2.34. The maximum atomic E-state index is 13.2. The van der Waals surface area contributed by atoms with E-state index in [0.29, 0.717) is 24.2 Å². The summed E-state index contributed by atoms with van der Waals surface area (Å²) in [6.45, 7) is 2.32. The van der Waals surface area contributed by atoms with Crippen LogP contribution in [0.1, 0.15) is 16.7 Å². The lowest BCUT2D eigenvalue weighted by atomic mass is 10.0. The number of hydrogen-bond donors (Lipinski definition) is 1. The van der Waals surface area contributed by atoms with Gasteiger partial charge in [-0.2, -0.15) is 0 Å². The number of rotatable bonds is 6. The normalized spacial score (nSPS) is 13.9. The zero-order chi connectivity index (χ0) is 20.2. The molecule has 144 valence electrons. The van der Waals surface area contributed by atoms with E-state index in [4.69, 9.17) is 0 Å². The first-order chi connectivity index (χ1) is 14.1. The molecule has 4 rings (SSSR count). The van der Waals surface area contributed by atoms with E-state index in [1.54, 1.807) is 0 Å². The number of carbonyl (C=O) groups is 2. The highest BCUT2D eigenvalue weighted by Crippen LogP contribution is 2.31. The molecule has 1 aliphatic rings. The number of aryl methyl sites for hydroxylation is 1. The second-order valence-corrected chi connectivity index (χ2v) is 7.05. The Hall–Kier alpha value is -3.66. The van der Waals surface area contributed by atoms with Crippen LogP contribution < -0.4 is 5.32 Å². The van der Waals surface area contributed by atoms with Gasteiger partial charge in [-0.05, 0) is 36.1 Å². The minimum atomic E-state index is -0.284. The van der Waals surface area contributed by atoms with Crippen molar-refractivity contribution in [2.75, 3.05) is 11.9 Å². The average Bonchev–Trinajstić information content (AvgIpc) is 2.99. The smallest absolute Gasteiger partial charge is 0.278 e. The summed E-state index contributed by atoms with van der Waals surface area (Å²) in [5, 5.41) is 3.23. The zero-order valence-corrected chi connectivity index (χ0v) is 16.3. The molecule has 0 atom stereocenters. The molecule has 2 amide bonds. The molecule has 4 heteroatoms. The van der Waals surface area contributed by atoms with Gasteiger partial charge in [-0.3, -0.25) is 14.5 Å². The SMILES string of the molecule is Cc1ccccc1NC1=C(c2ccccc2)C(=O)N(CCc2ccccc2)C1=O. The van der Waals surface area contributed by atoms with Crippen molar-refractivity contribution in [2.24, 2.45) is 0 Å². The van der Waals surface area contributed by atoms with Crippen LogP contribution in [0.4, 0.5) is 5.69 Å². The summed E-state index contributed by atoms with van der Waals surface area (Å²) in [6.07, 6.45) is 0.623. The van der Waals surface area contributed by atoms with Crippen molar-refractivity contribution in [1.82, 2.24) is 4.90 Å². The Labute approximate surface area is 170 Å². The molecule has 0 saturated heterocycles. The van der Waals surface area contributed by atoms with Crippen LogP contribution in [0.25, 0.3) is 5.57 Å². The van der Waals surface area contributed by atoms with E-state index in [9.17, 15) is 9.59 Å². The maximum Gasteiger partial charge on any atom is 0.278 e. The van der Waals surface area contributed by atoms with Gasteiger partial charge in [0.15, 0.2) is 0 Å². The number of benzene rings is 3. The molecule has 3 aromatic carbocycles. The molecular weight excluding hydrogens is 360 g/mol. The molecule has 29 heavy (non-hydrogen) atoms. The van der Waals surface area contributed by atoms with E-state index in [1.807, 2.05) is 91.9 Å². The van der Waals surface area contributed by atoms with Crippen molar-refractivity contribution in [3.8, 4) is 0 Å². The second-order valence-electron chi connectivity index (χ2n) is 7.05. The first-order valence-corrected chi connectivity index (χ1v) is 9.67. The summed E-state index contributed by atoms with van der Waals surface area (Å²) < 4.78 is 0. The van der Waals surface area contributed by atoms with Crippen molar-refractivity contribution in [1.29, 1.82) is 0 Å². The summed E-state index contributed by atoms with van der Waals surface area (Å²) in [4.78, 5) is 27.8. The van der Waals surface area contributed by atoms with Gasteiger partial charge in [0, 0.05) is 12.2 Å². The highest BCUT2D eigenvalue weighted by molar-refractivity contribution is 6.36. The van der Waals surface area contributed by atoms with E-state index in [2.05, 4.69) is 5.32 Å². The van der Waals surface area contributed by atoms with Crippen LogP contribution >= 0.6 is 0 Å². The number of nitrogens with zero attached hydrogens (tertiary/aromatic N) is 1. The second kappa shape index (κ2) is 8.15. The van der Waals surface area contributed by atoms with E-state index < -0.39 is 0 Å². The van der Waals surface area contributed by atoms with Crippen LogP contribution in [0.5, 0.6) is 0 Å². The van der Waals surface area contributed by atoms with Crippen molar-refractivity contribution >= 4 is 23.1 Å². The fourth-order valence-electron chi connectivity index (χ4n) is 3.50. The van der Waals surface area contributed by atoms with E-state index >= 15 is 0 Å². The quantitative estimate of drug-likeness (QED) is 0.642. The van der Waals surface area contributed by atoms with Crippen LogP contribution in [0.15, 0.2) is 90.6 Å². The van der Waals surface area contributed by atoms with E-state index in [0.717, 1.165) is 22.4 Å². The van der Waals surface area contributed by atoms with Gasteiger partial charge in [0.05, 0.1) is 5.57 Å². The number of nitrogens with one attached hydrogen (secondary N) is 1. The summed E-state index contributed by atoms with van der Waals surface area (Å²) in [5.74, 6) is -0.541. The fraction of sp³-hybridized carbons (Fsp3) is 0.120. The zero-order valence-electron chi connectivity index (χ0n) is 16.3. The van der Waals surface area contributed by atoms with Crippen LogP contribution in [-0.2, 0) is 16.0 Å². The summed E-state index contributed by atoms with van der Waals surface area (Å²) >= 11 is 0. The number of anilines is 1. The predicted molar refractivity (Wildman–Crippen MR) is 115 cm³/mol. The molecular formula is C25H22N2O2. The van der Waals surface area contributed by atoms with Gasteiger partial charge in [-0.15, -0.1) is 0 Å². The molecule has 0 radical (unpaired) electrons. The Morgan fingerprint density at radius 2 is 1.38 bits per heavy atom. The minimum absolute atomic E-state index is 0.256. The number of amides is 2. The van der Waals surface area contributed by atoms with Gasteiger partial charge in [-0.25, -0.2) is 0 Å². The number of para-hydroxylation sites is 1. The average molecular weight is 382 g/mol. The number of imide groups is 1. The Kier molecular flexibility index (Phi) is 5.25. The molecule has 1 aliphatic heterocycles. The first kappa shape index (κ1) is 18.7. The summed E-state index contributed by atoms with van der Waals surface area (Å²) in [7, 11) is 0. The maximum absolute atomic E-state index is 13.2. The molecule has 0 fully saturated rings. The van der Waals surface area contributed by atoms with E-state index in [-0.39, 0.29) is 11.8 Å². The molecule has 4 nitrogen and oxygen atoms in total. The van der Waals surface area contributed by atoms with Crippen LogP contribution in [0.3, 0.4) is 0 Å². The summed E-state index contributed by atoms with van der Waals surface area (Å²) in [5.41, 5.74) is 4.42. The van der Waals surface area contributed by atoms with Gasteiger partial charge in [-0.1, -0.05) is 78.9 Å². The molecule has 1 N–H and O–H groups in total. The highest BCUT2D eigenvalue weighted by Gasteiger charge is 2.38. The molecule has 0 unspecified atom stereocenters. The van der Waals surface area contributed by atoms with Gasteiger partial charge in [0.2, 0.25) is 0 Å². The van der Waals surface area contributed by atoms with Crippen molar-refractivity contribution in [3.05, 3.63) is 107 Å². The molecule has 0 aliphatic carbocycles. The highest BCUT2D eigenvalue weighted by atomic mass is 16.2. The first-order valence-electron chi connectivity index (χ1n) is 9.67. The van der Waals surface area contributed by atoms with E-state index in [1.165, 1.54) is 4.90 Å². The molecule has 0 aromatic heterocycles. The lowest BCUT2D eigenvalue weighted by Gasteiger charge is -2.15. The molecule has 0 spiro atoms. The molecule has 1 heterocycles. The molecule has 0 saturated carbocycles. The van der Waals surface area contributed by atoms with Crippen molar-refractivity contribution in [3.63, 3.8) is 0 Å². The predicted octanol–water partition coefficient (Wildman–Crippen LogP) is 4.43. The number of carbonyl (C=O) groups excluding carboxylic acids is 2. The van der Waals surface area contributed by atoms with Crippen LogP contribution in [-0.4, -0.2) is 23.3 Å². The third-order valence-electron chi connectivity index (χ3n) is 5.10. The Balaban J connectivity index is 1.67. The molecule has 0 bridgehead atoms. The Morgan fingerprint density at radius 1 is 0.759 bits per heavy atom. The van der Waals surface area contributed by atoms with Gasteiger partial charge in [0.25, 0.3) is 11.8 Å². The Morgan fingerprint density at radius 3 is 2.07 bits per heavy atom. The standard InChI is InChI=1S/C25H22N2O2/c1-18-10-8-9-15-21(18)26-23-22(20-13-6-3-7-14-20)24(28)27(25(23)29)17-16-19-11-4-2-5-12-19/h2-15,26H,16-17H2,1H3. The topological polar surface area (TPSA) is 49.4 Å². The lowest BCUT2D eigenvalue weighted by molar-refractivity contribution is -0.136. The van der Waals surface area contributed by atoms with Gasteiger partial charge in [0.1, 0.15) is 5.70 Å². The van der Waals surface area contributed by atoms with Gasteiger partial charge >= 0.3 is 0 Å². The summed E-state index contributed by atoms with van der Waals surface area (Å²) in [6, 6.07) is 27.0.